The fourth-order valence-electron chi connectivity index (χ4n) is 3.73. The van der Waals surface area contributed by atoms with Gasteiger partial charge in [-0.15, -0.1) is 0 Å². The maximum atomic E-state index is 13.1. The van der Waals surface area contributed by atoms with Crippen molar-refractivity contribution < 1.29 is 27.4 Å². The molecule has 2 atom stereocenters. The van der Waals surface area contributed by atoms with Crippen molar-refractivity contribution in [1.29, 1.82) is 5.41 Å². The van der Waals surface area contributed by atoms with Crippen LogP contribution in [0, 0.1) is 5.41 Å². The number of halogens is 3. The third-order valence-corrected chi connectivity index (χ3v) is 5.86. The second kappa shape index (κ2) is 13.5. The van der Waals surface area contributed by atoms with Crippen LogP contribution < -0.4 is 21.5 Å². The number of nitrogens with two attached hydrogens (primary N) is 2. The Hall–Kier alpha value is -4.21. The summed E-state index contributed by atoms with van der Waals surface area (Å²) < 4.78 is 49.7. The number of carbonyl (C=O) groups excluding carboxylic acids is 1. The number of hydrogen-bond acceptors (Lipinski definition) is 5. The first-order valence-corrected chi connectivity index (χ1v) is 12.2. The lowest BCUT2D eigenvalue weighted by molar-refractivity contribution is -0.139. The van der Waals surface area contributed by atoms with Crippen molar-refractivity contribution in [2.75, 3.05) is 6.61 Å². The lowest BCUT2D eigenvalue weighted by Gasteiger charge is -2.31. The second-order valence-corrected chi connectivity index (χ2v) is 9.45. The maximum Gasteiger partial charge on any atom is 0.416 e. The fourth-order valence-corrected chi connectivity index (χ4v) is 3.73. The average molecular weight is 545 g/mol. The monoisotopic (exact) mass is 544 g/mol. The molecule has 0 spiro atoms. The molecule has 0 heterocycles. The van der Waals surface area contributed by atoms with Gasteiger partial charge >= 0.3 is 6.18 Å². The minimum atomic E-state index is -4.59. The van der Waals surface area contributed by atoms with Crippen molar-refractivity contribution in [2.24, 2.45) is 11.5 Å². The summed E-state index contributed by atoms with van der Waals surface area (Å²) >= 11 is 0. The quantitative estimate of drug-likeness (QED) is 0.121. The Morgan fingerprint density at radius 3 is 2.23 bits per heavy atom. The van der Waals surface area contributed by atoms with E-state index in [4.69, 9.17) is 26.4 Å². The number of hydrogen-bond donors (Lipinski definition) is 4. The van der Waals surface area contributed by atoms with Gasteiger partial charge in [-0.2, -0.15) is 13.2 Å². The Bertz CT molecular complexity index is 1190. The van der Waals surface area contributed by atoms with Crippen LogP contribution in [0.5, 0.6) is 5.75 Å². The highest BCUT2D eigenvalue weighted by atomic mass is 19.4. The van der Waals surface area contributed by atoms with Crippen LogP contribution in [0.4, 0.5) is 13.2 Å². The third-order valence-electron chi connectivity index (χ3n) is 5.86. The molecule has 0 aliphatic carbocycles. The highest BCUT2D eigenvalue weighted by Gasteiger charge is 2.34. The van der Waals surface area contributed by atoms with Crippen molar-refractivity contribution >= 4 is 11.7 Å². The van der Waals surface area contributed by atoms with E-state index >= 15 is 0 Å². The zero-order chi connectivity index (χ0) is 29.2. The highest BCUT2D eigenvalue weighted by Crippen LogP contribution is 2.28. The summed E-state index contributed by atoms with van der Waals surface area (Å²) in [6, 6.07) is 16.7. The molecular formula is C29H35F3N4O3. The van der Waals surface area contributed by atoms with Crippen LogP contribution in [0.1, 0.15) is 37.8 Å². The molecule has 0 fully saturated rings. The molecule has 10 heteroatoms. The molecule has 2 aromatic carbocycles. The Labute approximate surface area is 226 Å². The standard InChI is InChI=1S/C29H35F3N4O3/c1-5-22(29(30,31)32)13-16-26(35)39-28(3,4)27(37)36-19(2)24(21-9-7-6-8-10-21)17-20-11-14-23(15-12-20)38-18-25(33)34/h5-16,19,24H,1,17-18,35H2,2-4H3,(H3,33,34)(H,36,37)/b22-13+,26-16+. The van der Waals surface area contributed by atoms with Gasteiger partial charge in [0.1, 0.15) is 18.2 Å². The van der Waals surface area contributed by atoms with Crippen molar-refractivity contribution in [3.8, 4) is 5.75 Å². The number of amidine groups is 1. The van der Waals surface area contributed by atoms with E-state index in [1.54, 1.807) is 12.1 Å². The first-order chi connectivity index (χ1) is 18.2. The van der Waals surface area contributed by atoms with Crippen LogP contribution in [0.25, 0.3) is 0 Å². The van der Waals surface area contributed by atoms with Crippen molar-refractivity contribution in [3.63, 3.8) is 0 Å². The maximum absolute atomic E-state index is 13.1. The van der Waals surface area contributed by atoms with E-state index in [0.717, 1.165) is 23.3 Å². The molecule has 2 aromatic rings. The largest absolute Gasteiger partial charge is 0.486 e. The van der Waals surface area contributed by atoms with Gasteiger partial charge in [-0.05, 0) is 62.6 Å². The fraction of sp³-hybridized carbons (Fsp3) is 0.310. The normalized spacial score (nSPS) is 14.2. The molecular weight excluding hydrogens is 509 g/mol. The zero-order valence-corrected chi connectivity index (χ0v) is 22.2. The number of allylic oxidation sites excluding steroid dienone is 4. The van der Waals surface area contributed by atoms with Crippen molar-refractivity contribution in [3.05, 3.63) is 102 Å². The average Bonchev–Trinajstić information content (AvgIpc) is 2.86. The van der Waals surface area contributed by atoms with E-state index in [1.165, 1.54) is 13.8 Å². The molecule has 1 amide bonds. The Kier molecular flexibility index (Phi) is 10.8. The molecule has 0 aromatic heterocycles. The minimum Gasteiger partial charge on any atom is -0.486 e. The van der Waals surface area contributed by atoms with Crippen LogP contribution in [0.15, 0.2) is 90.9 Å². The van der Waals surface area contributed by atoms with E-state index in [9.17, 15) is 18.0 Å². The van der Waals surface area contributed by atoms with Gasteiger partial charge in [0.05, 0.1) is 5.57 Å². The first kappa shape index (κ1) is 31.0. The van der Waals surface area contributed by atoms with E-state index in [2.05, 4.69) is 11.9 Å². The van der Waals surface area contributed by atoms with Crippen molar-refractivity contribution in [1.82, 2.24) is 5.32 Å². The van der Waals surface area contributed by atoms with Gasteiger partial charge in [-0.3, -0.25) is 10.2 Å². The van der Waals surface area contributed by atoms with Crippen LogP contribution in [-0.4, -0.2) is 36.2 Å². The molecule has 0 saturated carbocycles. The molecule has 0 aliphatic rings. The summed E-state index contributed by atoms with van der Waals surface area (Å²) in [6.45, 7) is 7.98. The van der Waals surface area contributed by atoms with E-state index < -0.39 is 23.3 Å². The highest BCUT2D eigenvalue weighted by molar-refractivity contribution is 5.84. The molecule has 0 aliphatic heterocycles. The first-order valence-electron chi connectivity index (χ1n) is 12.2. The van der Waals surface area contributed by atoms with Crippen molar-refractivity contribution in [2.45, 2.75) is 50.9 Å². The van der Waals surface area contributed by atoms with E-state index in [-0.39, 0.29) is 30.3 Å². The summed E-state index contributed by atoms with van der Waals surface area (Å²) in [7, 11) is 0. The smallest absolute Gasteiger partial charge is 0.416 e. The van der Waals surface area contributed by atoms with Gasteiger partial charge in [0.25, 0.3) is 5.91 Å². The molecule has 6 N–H and O–H groups in total. The summed E-state index contributed by atoms with van der Waals surface area (Å²) in [5, 5.41) is 10.2. The number of amides is 1. The molecule has 2 unspecified atom stereocenters. The Morgan fingerprint density at radius 2 is 1.69 bits per heavy atom. The number of benzene rings is 2. The SMILES string of the molecule is C=C/C(=C\C=C(/N)OC(C)(C)C(=O)NC(C)C(Cc1ccc(OCC(=N)N)cc1)c1ccccc1)C(F)(F)F. The molecule has 2 rings (SSSR count). The predicted molar refractivity (Wildman–Crippen MR) is 146 cm³/mol. The zero-order valence-electron chi connectivity index (χ0n) is 22.2. The number of nitrogens with one attached hydrogen (secondary N) is 2. The molecule has 39 heavy (non-hydrogen) atoms. The van der Waals surface area contributed by atoms with Gasteiger partial charge in [0.2, 0.25) is 0 Å². The molecule has 0 saturated heterocycles. The van der Waals surface area contributed by atoms with Crippen LogP contribution >= 0.6 is 0 Å². The number of alkyl halides is 3. The second-order valence-electron chi connectivity index (χ2n) is 9.45. The third kappa shape index (κ3) is 9.88. The molecule has 7 nitrogen and oxygen atoms in total. The molecule has 0 radical (unpaired) electrons. The van der Waals surface area contributed by atoms with E-state index in [1.807, 2.05) is 49.4 Å². The number of rotatable bonds is 13. The van der Waals surface area contributed by atoms with Crippen LogP contribution in [-0.2, 0) is 16.0 Å². The van der Waals surface area contributed by atoms with E-state index in [0.29, 0.717) is 18.2 Å². The number of ether oxygens (including phenoxy) is 2. The minimum absolute atomic E-state index is 0.000642. The predicted octanol–water partition coefficient (Wildman–Crippen LogP) is 5.10. The summed E-state index contributed by atoms with van der Waals surface area (Å²) in [4.78, 5) is 13.1. The topological polar surface area (TPSA) is 123 Å². The summed E-state index contributed by atoms with van der Waals surface area (Å²) in [5.74, 6) is -0.438. The molecule has 0 bridgehead atoms. The van der Waals surface area contributed by atoms with Gasteiger partial charge in [0.15, 0.2) is 11.5 Å². The Balaban J connectivity index is 2.17. The summed E-state index contributed by atoms with van der Waals surface area (Å²) in [5.41, 5.74) is 10.6. The Morgan fingerprint density at radius 1 is 1.08 bits per heavy atom. The van der Waals surface area contributed by atoms with Crippen LogP contribution in [0.2, 0.25) is 0 Å². The van der Waals surface area contributed by atoms with Gasteiger partial charge in [0, 0.05) is 12.0 Å². The van der Waals surface area contributed by atoms with Gasteiger partial charge in [-0.1, -0.05) is 55.1 Å². The summed E-state index contributed by atoms with van der Waals surface area (Å²) in [6.07, 6.45) is -1.65. The van der Waals surface area contributed by atoms with Gasteiger partial charge < -0.3 is 26.3 Å². The lowest BCUT2D eigenvalue weighted by Crippen LogP contribution is -2.49. The number of carbonyl (C=O) groups is 1. The van der Waals surface area contributed by atoms with Crippen LogP contribution in [0.3, 0.4) is 0 Å². The van der Waals surface area contributed by atoms with Gasteiger partial charge in [-0.25, -0.2) is 0 Å². The molecule has 210 valence electrons. The lowest BCUT2D eigenvalue weighted by atomic mass is 9.86.